The Morgan fingerprint density at radius 3 is 2.41 bits per heavy atom. The Morgan fingerprint density at radius 1 is 1.09 bits per heavy atom. The molecule has 3 amide bonds. The summed E-state index contributed by atoms with van der Waals surface area (Å²) < 4.78 is 43.9. The summed E-state index contributed by atoms with van der Waals surface area (Å²) in [5.74, 6) is -0.522. The first-order chi connectivity index (χ1) is 21.0. The Balaban J connectivity index is 2.03. The molecule has 0 saturated carbocycles. The van der Waals surface area contributed by atoms with Crippen LogP contribution in [-0.4, -0.2) is 98.1 Å². The fourth-order valence-corrected chi connectivity index (χ4v) is 5.14. The van der Waals surface area contributed by atoms with E-state index in [0.717, 1.165) is 18.8 Å². The number of hydrogen-bond donors (Lipinski definition) is 5. The SMILES string of the molecule is CCOC(=O)NCCCCC(NC(=O)OCC)C(=O)NCCc1cn([C@@H]2C[C@H](OP(=O)(OC)OC)[C@H](CO)O2)c(=O)[nH]c1=O. The van der Waals surface area contributed by atoms with Crippen LogP contribution in [0.5, 0.6) is 0 Å². The van der Waals surface area contributed by atoms with Crippen molar-refractivity contribution in [1.29, 1.82) is 0 Å². The maximum atomic E-state index is 12.9. The van der Waals surface area contributed by atoms with Gasteiger partial charge in [-0.15, -0.1) is 0 Å². The molecule has 0 aromatic carbocycles. The monoisotopic (exact) mass is 651 g/mol. The second-order valence-corrected chi connectivity index (χ2v) is 11.3. The lowest BCUT2D eigenvalue weighted by atomic mass is 10.1. The number of aliphatic hydroxyl groups is 1. The third-order valence-electron chi connectivity index (χ3n) is 6.47. The normalized spacial score (nSPS) is 18.8. The van der Waals surface area contributed by atoms with Gasteiger partial charge in [-0.25, -0.2) is 18.9 Å². The van der Waals surface area contributed by atoms with Gasteiger partial charge in [0.1, 0.15) is 24.5 Å². The quantitative estimate of drug-likeness (QED) is 0.106. The van der Waals surface area contributed by atoms with Crippen LogP contribution in [0.1, 0.15) is 51.3 Å². The van der Waals surface area contributed by atoms with Crippen molar-refractivity contribution in [3.05, 3.63) is 32.6 Å². The van der Waals surface area contributed by atoms with Crippen molar-refractivity contribution in [2.24, 2.45) is 0 Å². The van der Waals surface area contributed by atoms with Gasteiger partial charge in [-0.2, -0.15) is 0 Å². The zero-order chi connectivity index (χ0) is 32.7. The zero-order valence-corrected chi connectivity index (χ0v) is 26.1. The van der Waals surface area contributed by atoms with E-state index >= 15 is 0 Å². The molecule has 0 bridgehead atoms. The van der Waals surface area contributed by atoms with Gasteiger partial charge in [-0.1, -0.05) is 0 Å². The number of ether oxygens (including phenoxy) is 3. The summed E-state index contributed by atoms with van der Waals surface area (Å²) in [6.45, 7) is 3.44. The molecule has 1 fully saturated rings. The van der Waals surface area contributed by atoms with E-state index in [4.69, 9.17) is 27.8 Å². The van der Waals surface area contributed by atoms with Crippen LogP contribution in [0.25, 0.3) is 0 Å². The number of phosphoric ester groups is 1. The number of nitrogens with zero attached hydrogens (tertiary/aromatic N) is 1. The molecule has 5 N–H and O–H groups in total. The number of nitrogens with one attached hydrogen (secondary N) is 4. The molecular weight excluding hydrogens is 609 g/mol. The van der Waals surface area contributed by atoms with Crippen molar-refractivity contribution in [3.8, 4) is 0 Å². The van der Waals surface area contributed by atoms with Crippen LogP contribution in [0.4, 0.5) is 9.59 Å². The smallest absolute Gasteiger partial charge is 0.450 e. The number of rotatable bonds is 18. The molecule has 1 unspecified atom stereocenters. The van der Waals surface area contributed by atoms with Gasteiger partial charge in [0.2, 0.25) is 5.91 Å². The summed E-state index contributed by atoms with van der Waals surface area (Å²) in [5, 5.41) is 17.5. The Bertz CT molecular complexity index is 1250. The zero-order valence-electron chi connectivity index (χ0n) is 25.2. The van der Waals surface area contributed by atoms with Crippen molar-refractivity contribution in [1.82, 2.24) is 25.5 Å². The highest BCUT2D eigenvalue weighted by Crippen LogP contribution is 2.51. The number of alkyl carbamates (subject to hydrolysis) is 2. The van der Waals surface area contributed by atoms with E-state index in [0.29, 0.717) is 19.4 Å². The van der Waals surface area contributed by atoms with Crippen LogP contribution in [0, 0.1) is 0 Å². The molecule has 0 spiro atoms. The van der Waals surface area contributed by atoms with Gasteiger partial charge < -0.3 is 35.3 Å². The second kappa shape index (κ2) is 18.5. The molecule has 1 aromatic rings. The van der Waals surface area contributed by atoms with E-state index < -0.39 is 68.2 Å². The average Bonchev–Trinajstić information content (AvgIpc) is 3.39. The molecule has 19 heteroatoms. The van der Waals surface area contributed by atoms with E-state index in [1.54, 1.807) is 13.8 Å². The Hall–Kier alpha value is -3.28. The van der Waals surface area contributed by atoms with Crippen LogP contribution in [0.15, 0.2) is 15.8 Å². The lowest BCUT2D eigenvalue weighted by Crippen LogP contribution is -2.47. The van der Waals surface area contributed by atoms with Gasteiger partial charge in [-0.05, 0) is 39.5 Å². The van der Waals surface area contributed by atoms with Gasteiger partial charge in [0.25, 0.3) is 5.56 Å². The van der Waals surface area contributed by atoms with Gasteiger partial charge in [0.15, 0.2) is 0 Å². The molecule has 0 aliphatic carbocycles. The van der Waals surface area contributed by atoms with Crippen LogP contribution < -0.4 is 27.2 Å². The third-order valence-corrected chi connectivity index (χ3v) is 7.89. The van der Waals surface area contributed by atoms with Gasteiger partial charge in [0, 0.05) is 45.5 Å². The fraction of sp³-hybridized carbons (Fsp3) is 0.720. The number of aliphatic hydroxyl groups excluding tert-OH is 1. The molecule has 1 aliphatic rings. The molecule has 4 atom stereocenters. The van der Waals surface area contributed by atoms with Crippen molar-refractivity contribution < 1.29 is 51.8 Å². The number of H-pyrrole nitrogens is 1. The standard InChI is InChI=1S/C25H42N5O13P/c1-5-40-24(35)27-11-8-7-9-17(28-25(36)41-6-2)22(33)26-12-10-16-14-30(23(34)29-21(16)32)20-13-18(19(15-31)42-20)43-44(37,38-3)39-4/h14,17-20,31H,5-13,15H2,1-4H3,(H,26,33)(H,27,35)(H,28,36)(H,29,32,34)/t17?,18-,19-,20-/m0/s1. The van der Waals surface area contributed by atoms with Crippen LogP contribution in [0.3, 0.4) is 0 Å². The molecule has 44 heavy (non-hydrogen) atoms. The van der Waals surface area contributed by atoms with E-state index in [9.17, 15) is 33.6 Å². The van der Waals surface area contributed by atoms with E-state index in [-0.39, 0.29) is 44.6 Å². The summed E-state index contributed by atoms with van der Waals surface area (Å²) in [6, 6.07) is -0.946. The number of aromatic amines is 1. The number of carbonyl (C=O) groups excluding carboxylic acids is 3. The number of unbranched alkanes of at least 4 members (excludes halogenated alkanes) is 1. The highest BCUT2D eigenvalue weighted by atomic mass is 31.2. The third kappa shape index (κ3) is 11.3. The van der Waals surface area contributed by atoms with Gasteiger partial charge in [0.05, 0.1) is 19.8 Å². The number of phosphoric acid groups is 1. The first-order valence-electron chi connectivity index (χ1n) is 14.1. The Kier molecular flexibility index (Phi) is 15.5. The highest BCUT2D eigenvalue weighted by molar-refractivity contribution is 7.48. The molecule has 1 saturated heterocycles. The van der Waals surface area contributed by atoms with Crippen molar-refractivity contribution in [2.75, 3.05) is 47.1 Å². The highest BCUT2D eigenvalue weighted by Gasteiger charge is 2.42. The Morgan fingerprint density at radius 2 is 1.77 bits per heavy atom. The maximum Gasteiger partial charge on any atom is 0.474 e. The lowest BCUT2D eigenvalue weighted by molar-refractivity contribution is -0.123. The molecule has 18 nitrogen and oxygen atoms in total. The lowest BCUT2D eigenvalue weighted by Gasteiger charge is -2.20. The molecule has 1 aromatic heterocycles. The van der Waals surface area contributed by atoms with Crippen LogP contribution in [0.2, 0.25) is 0 Å². The van der Waals surface area contributed by atoms with Gasteiger partial charge >= 0.3 is 25.7 Å². The van der Waals surface area contributed by atoms with E-state index in [2.05, 4.69) is 20.9 Å². The summed E-state index contributed by atoms with van der Waals surface area (Å²) in [7, 11) is -1.67. The second-order valence-electron chi connectivity index (χ2n) is 9.43. The predicted octanol–water partition coefficient (Wildman–Crippen LogP) is 0.292. The largest absolute Gasteiger partial charge is 0.474 e. The topological polar surface area (TPSA) is 235 Å². The van der Waals surface area contributed by atoms with Crippen molar-refractivity contribution in [3.63, 3.8) is 0 Å². The molecule has 2 heterocycles. The van der Waals surface area contributed by atoms with Gasteiger partial charge in [-0.3, -0.25) is 32.7 Å². The van der Waals surface area contributed by atoms with Crippen LogP contribution >= 0.6 is 7.82 Å². The Labute approximate surface area is 253 Å². The number of hydrogen-bond acceptors (Lipinski definition) is 13. The van der Waals surface area contributed by atoms with Crippen molar-refractivity contribution >= 4 is 25.9 Å². The maximum absolute atomic E-state index is 12.9. The summed E-state index contributed by atoms with van der Waals surface area (Å²) in [6.07, 6.45) is -1.74. The molecular formula is C25H42N5O13P. The predicted molar refractivity (Wildman–Crippen MR) is 153 cm³/mol. The summed E-state index contributed by atoms with van der Waals surface area (Å²) >= 11 is 0. The van der Waals surface area contributed by atoms with Crippen molar-refractivity contribution in [2.45, 2.75) is 70.4 Å². The minimum absolute atomic E-state index is 0.00949. The summed E-state index contributed by atoms with van der Waals surface area (Å²) in [4.78, 5) is 63.6. The first kappa shape index (κ1) is 36.9. The number of aromatic nitrogens is 2. The fourth-order valence-electron chi connectivity index (χ4n) is 4.27. The van der Waals surface area contributed by atoms with E-state index in [1.165, 1.54) is 6.20 Å². The average molecular weight is 652 g/mol. The number of carbonyl (C=O) groups is 3. The van der Waals surface area contributed by atoms with Crippen LogP contribution in [-0.2, 0) is 43.6 Å². The molecule has 250 valence electrons. The number of amides is 3. The first-order valence-corrected chi connectivity index (χ1v) is 15.6. The minimum atomic E-state index is -3.92. The minimum Gasteiger partial charge on any atom is -0.450 e. The molecule has 0 radical (unpaired) electrons. The molecule has 1 aliphatic heterocycles. The van der Waals surface area contributed by atoms with E-state index in [1.807, 2.05) is 0 Å². The summed E-state index contributed by atoms with van der Waals surface area (Å²) in [5.41, 5.74) is -1.33. The molecule has 2 rings (SSSR count).